The van der Waals surface area contributed by atoms with Crippen molar-refractivity contribution in [3.63, 3.8) is 0 Å². The average molecular weight is 351 g/mol. The highest BCUT2D eigenvalue weighted by Crippen LogP contribution is 2.21. The maximum Gasteiger partial charge on any atom is 0.407 e. The second-order valence-electron chi connectivity index (χ2n) is 7.29. The lowest BCUT2D eigenvalue weighted by Crippen LogP contribution is -2.58. The molecule has 25 heavy (non-hydrogen) atoms. The van der Waals surface area contributed by atoms with E-state index in [0.29, 0.717) is 12.8 Å². The van der Waals surface area contributed by atoms with Crippen molar-refractivity contribution < 1.29 is 24.2 Å². The van der Waals surface area contributed by atoms with E-state index in [0.717, 1.165) is 5.56 Å². The molecule has 0 radical (unpaired) electrons. The molecule has 0 aliphatic carbocycles. The van der Waals surface area contributed by atoms with Crippen molar-refractivity contribution >= 4 is 12.1 Å². The number of esters is 1. The number of aliphatic hydroxyl groups excluding tert-OH is 1. The van der Waals surface area contributed by atoms with Crippen LogP contribution in [0.3, 0.4) is 0 Å². The van der Waals surface area contributed by atoms with Gasteiger partial charge in [0.2, 0.25) is 0 Å². The molecular weight excluding hydrogens is 322 g/mol. The van der Waals surface area contributed by atoms with Crippen molar-refractivity contribution in [2.45, 2.75) is 71.3 Å². The van der Waals surface area contributed by atoms with E-state index in [2.05, 4.69) is 5.32 Å². The van der Waals surface area contributed by atoms with Crippen molar-refractivity contribution in [2.24, 2.45) is 0 Å². The maximum absolute atomic E-state index is 12.2. The minimum atomic E-state index is -1.49. The van der Waals surface area contributed by atoms with Crippen LogP contribution in [0.25, 0.3) is 0 Å². The summed E-state index contributed by atoms with van der Waals surface area (Å²) in [4.78, 5) is 24.3. The first-order valence-electron chi connectivity index (χ1n) is 8.47. The zero-order chi connectivity index (χ0) is 19.1. The quantitative estimate of drug-likeness (QED) is 0.737. The van der Waals surface area contributed by atoms with Crippen LogP contribution in [0.1, 0.15) is 53.0 Å². The zero-order valence-corrected chi connectivity index (χ0v) is 15.7. The second kappa shape index (κ2) is 8.85. The number of hydrogen-bond donors (Lipinski definition) is 2. The number of amides is 1. The number of hydrogen-bond acceptors (Lipinski definition) is 5. The maximum atomic E-state index is 12.2. The predicted molar refractivity (Wildman–Crippen MR) is 94.9 cm³/mol. The molecule has 0 heterocycles. The molecule has 0 spiro atoms. The number of benzene rings is 1. The monoisotopic (exact) mass is 351 g/mol. The van der Waals surface area contributed by atoms with Crippen LogP contribution in [0.15, 0.2) is 30.3 Å². The Balaban J connectivity index is 2.72. The molecule has 1 aromatic rings. The predicted octanol–water partition coefficient (Wildman–Crippen LogP) is 3.17. The third-order valence-electron chi connectivity index (χ3n) is 3.60. The Morgan fingerprint density at radius 2 is 1.76 bits per heavy atom. The van der Waals surface area contributed by atoms with Crippen molar-refractivity contribution in [3.05, 3.63) is 35.9 Å². The number of carbonyl (C=O) groups is 2. The van der Waals surface area contributed by atoms with Gasteiger partial charge in [0.1, 0.15) is 12.2 Å². The summed E-state index contributed by atoms with van der Waals surface area (Å²) < 4.78 is 10.4. The molecule has 0 aliphatic heterocycles. The summed E-state index contributed by atoms with van der Waals surface area (Å²) >= 11 is 0. The van der Waals surface area contributed by atoms with Gasteiger partial charge in [-0.25, -0.2) is 9.59 Å². The smallest absolute Gasteiger partial charge is 0.407 e. The SMILES string of the molecule is CCCC(C)(NC(=O)OCc1ccccc1)C(O)C(=O)OC(C)(C)C. The Hall–Kier alpha value is -2.08. The Morgan fingerprint density at radius 3 is 2.28 bits per heavy atom. The van der Waals surface area contributed by atoms with E-state index < -0.39 is 29.3 Å². The first kappa shape index (κ1) is 21.0. The number of alkyl carbamates (subject to hydrolysis) is 1. The molecule has 6 heteroatoms. The molecule has 2 N–H and O–H groups in total. The highest BCUT2D eigenvalue weighted by Gasteiger charge is 2.41. The van der Waals surface area contributed by atoms with Crippen LogP contribution in [0.2, 0.25) is 0 Å². The van der Waals surface area contributed by atoms with Crippen molar-refractivity contribution in [1.82, 2.24) is 5.32 Å². The van der Waals surface area contributed by atoms with E-state index in [4.69, 9.17) is 9.47 Å². The largest absolute Gasteiger partial charge is 0.458 e. The fourth-order valence-electron chi connectivity index (χ4n) is 2.40. The molecule has 1 rings (SSSR count). The van der Waals surface area contributed by atoms with Gasteiger partial charge in [0.05, 0.1) is 5.54 Å². The average Bonchev–Trinajstić information content (AvgIpc) is 2.51. The van der Waals surface area contributed by atoms with Gasteiger partial charge in [-0.15, -0.1) is 0 Å². The fraction of sp³-hybridized carbons (Fsp3) is 0.579. The van der Waals surface area contributed by atoms with Crippen LogP contribution in [0.4, 0.5) is 4.79 Å². The Kier molecular flexibility index (Phi) is 7.42. The Bertz CT molecular complexity index is 567. The molecule has 1 aromatic carbocycles. The molecular formula is C19H29NO5. The summed E-state index contributed by atoms with van der Waals surface area (Å²) in [6, 6.07) is 9.26. The van der Waals surface area contributed by atoms with Crippen LogP contribution in [-0.4, -0.2) is 34.4 Å². The van der Waals surface area contributed by atoms with Gasteiger partial charge in [-0.1, -0.05) is 43.7 Å². The van der Waals surface area contributed by atoms with Crippen LogP contribution >= 0.6 is 0 Å². The molecule has 140 valence electrons. The van der Waals surface area contributed by atoms with Gasteiger partial charge in [-0.3, -0.25) is 0 Å². The molecule has 2 unspecified atom stereocenters. The molecule has 1 amide bonds. The molecule has 2 atom stereocenters. The summed E-state index contributed by atoms with van der Waals surface area (Å²) in [6.45, 7) is 8.77. The van der Waals surface area contributed by atoms with Gasteiger partial charge >= 0.3 is 12.1 Å². The molecule has 6 nitrogen and oxygen atoms in total. The minimum absolute atomic E-state index is 0.109. The molecule has 0 fully saturated rings. The number of carbonyl (C=O) groups excluding carboxylic acids is 2. The van der Waals surface area contributed by atoms with Gasteiger partial charge in [-0.2, -0.15) is 0 Å². The molecule has 0 saturated carbocycles. The van der Waals surface area contributed by atoms with E-state index >= 15 is 0 Å². The van der Waals surface area contributed by atoms with E-state index in [-0.39, 0.29) is 6.61 Å². The lowest BCUT2D eigenvalue weighted by Gasteiger charge is -2.35. The Labute approximate surface area is 149 Å². The van der Waals surface area contributed by atoms with Gasteiger partial charge < -0.3 is 19.9 Å². The third-order valence-corrected chi connectivity index (χ3v) is 3.60. The lowest BCUT2D eigenvalue weighted by molar-refractivity contribution is -0.169. The van der Waals surface area contributed by atoms with E-state index in [9.17, 15) is 14.7 Å². The highest BCUT2D eigenvalue weighted by molar-refractivity contribution is 5.78. The second-order valence-corrected chi connectivity index (χ2v) is 7.29. The topological polar surface area (TPSA) is 84.9 Å². The molecule has 0 aliphatic rings. The van der Waals surface area contributed by atoms with Crippen LogP contribution in [0.5, 0.6) is 0 Å². The third kappa shape index (κ3) is 7.13. The number of rotatable bonds is 7. The van der Waals surface area contributed by atoms with Crippen molar-refractivity contribution in [2.75, 3.05) is 0 Å². The first-order chi connectivity index (χ1) is 11.6. The van der Waals surface area contributed by atoms with Gasteiger partial charge in [0, 0.05) is 0 Å². The van der Waals surface area contributed by atoms with Gasteiger partial charge in [0.25, 0.3) is 0 Å². The van der Waals surface area contributed by atoms with Gasteiger partial charge in [-0.05, 0) is 39.7 Å². The summed E-state index contributed by atoms with van der Waals surface area (Å²) in [5, 5.41) is 13.0. The van der Waals surface area contributed by atoms with Crippen LogP contribution in [-0.2, 0) is 20.9 Å². The normalized spacial score (nSPS) is 15.0. The fourth-order valence-corrected chi connectivity index (χ4v) is 2.40. The highest BCUT2D eigenvalue weighted by atomic mass is 16.6. The van der Waals surface area contributed by atoms with Gasteiger partial charge in [0.15, 0.2) is 6.10 Å². The minimum Gasteiger partial charge on any atom is -0.458 e. The Morgan fingerprint density at radius 1 is 1.16 bits per heavy atom. The summed E-state index contributed by atoms with van der Waals surface area (Å²) in [5.74, 6) is -0.771. The van der Waals surface area contributed by atoms with Crippen LogP contribution in [0, 0.1) is 0 Å². The zero-order valence-electron chi connectivity index (χ0n) is 15.7. The van der Waals surface area contributed by atoms with Crippen LogP contribution < -0.4 is 5.32 Å². The van der Waals surface area contributed by atoms with E-state index in [1.54, 1.807) is 27.7 Å². The van der Waals surface area contributed by atoms with E-state index in [1.807, 2.05) is 37.3 Å². The van der Waals surface area contributed by atoms with Crippen molar-refractivity contribution in [1.29, 1.82) is 0 Å². The van der Waals surface area contributed by atoms with E-state index in [1.165, 1.54) is 0 Å². The summed E-state index contributed by atoms with van der Waals surface area (Å²) in [6.07, 6.45) is -1.12. The molecule has 0 saturated heterocycles. The molecule has 0 bridgehead atoms. The molecule has 0 aromatic heterocycles. The number of ether oxygens (including phenoxy) is 2. The number of aliphatic hydroxyl groups is 1. The van der Waals surface area contributed by atoms with Crippen molar-refractivity contribution in [3.8, 4) is 0 Å². The number of nitrogens with one attached hydrogen (secondary N) is 1. The standard InChI is InChI=1S/C19H29NO5/c1-6-12-19(5,15(21)16(22)25-18(2,3)4)20-17(23)24-13-14-10-8-7-9-11-14/h7-11,15,21H,6,12-13H2,1-5H3,(H,20,23). The summed E-state index contributed by atoms with van der Waals surface area (Å²) in [7, 11) is 0. The lowest BCUT2D eigenvalue weighted by atomic mass is 9.89. The first-order valence-corrected chi connectivity index (χ1v) is 8.47. The summed E-state index contributed by atoms with van der Waals surface area (Å²) in [5.41, 5.74) is -1.05.